The van der Waals surface area contributed by atoms with E-state index in [9.17, 15) is 0 Å². The second kappa shape index (κ2) is 12.5. The maximum absolute atomic E-state index is 6.65. The average Bonchev–Trinajstić information content (AvgIpc) is 3.55. The molecule has 0 atom stereocenters. The smallest absolute Gasteiger partial charge is 0.132 e. The molecule has 11 rings (SSSR count). The third-order valence-electron chi connectivity index (χ3n) is 11.5. The van der Waals surface area contributed by atoms with Crippen molar-refractivity contribution in [2.24, 2.45) is 0 Å². The number of para-hydroxylation sites is 3. The fraction of sp³-hybridized carbons (Fsp3) is 0.0189. The predicted molar refractivity (Wildman–Crippen MR) is 227 cm³/mol. The van der Waals surface area contributed by atoms with Crippen LogP contribution in [-0.4, -0.2) is 0 Å². The van der Waals surface area contributed by atoms with Crippen molar-refractivity contribution in [1.82, 2.24) is 0 Å². The summed E-state index contributed by atoms with van der Waals surface area (Å²) in [6, 6.07) is 76.7. The molecule has 0 bridgehead atoms. The van der Waals surface area contributed by atoms with E-state index in [1.807, 2.05) is 0 Å². The lowest BCUT2D eigenvalue weighted by atomic mass is 9.65. The molecule has 1 heterocycles. The molecular formula is C53H35NO. The summed E-state index contributed by atoms with van der Waals surface area (Å²) in [6.07, 6.45) is 0. The SMILES string of the molecule is c1ccc(-c2ccc(N(c3ccccc3)c3ccc(-c4ccc5c(c4)C4(c6ccccc6Oc6ccccc64)c4c-5ccc5ccccc45)cc3)cc2)cc1. The quantitative estimate of drug-likeness (QED) is 0.177. The number of benzene rings is 9. The van der Waals surface area contributed by atoms with Gasteiger partial charge in [0.1, 0.15) is 11.5 Å². The van der Waals surface area contributed by atoms with Crippen LogP contribution in [-0.2, 0) is 5.41 Å². The van der Waals surface area contributed by atoms with Gasteiger partial charge >= 0.3 is 0 Å². The number of ether oxygens (including phenoxy) is 1. The largest absolute Gasteiger partial charge is 0.457 e. The van der Waals surface area contributed by atoms with Crippen LogP contribution in [0.15, 0.2) is 212 Å². The molecule has 55 heavy (non-hydrogen) atoms. The Labute approximate surface area is 321 Å². The molecule has 0 aromatic heterocycles. The van der Waals surface area contributed by atoms with Crippen molar-refractivity contribution in [3.05, 3.63) is 235 Å². The minimum Gasteiger partial charge on any atom is -0.457 e. The van der Waals surface area contributed by atoms with E-state index in [0.717, 1.165) is 28.6 Å². The monoisotopic (exact) mass is 701 g/mol. The van der Waals surface area contributed by atoms with Crippen molar-refractivity contribution in [3.8, 4) is 44.9 Å². The van der Waals surface area contributed by atoms with Crippen molar-refractivity contribution in [3.63, 3.8) is 0 Å². The van der Waals surface area contributed by atoms with Gasteiger partial charge in [0.15, 0.2) is 0 Å². The zero-order chi connectivity index (χ0) is 36.3. The Morgan fingerprint density at radius 3 is 1.51 bits per heavy atom. The summed E-state index contributed by atoms with van der Waals surface area (Å²) in [6.45, 7) is 0. The van der Waals surface area contributed by atoms with Crippen LogP contribution in [0.2, 0.25) is 0 Å². The number of hydrogen-bond acceptors (Lipinski definition) is 2. The Morgan fingerprint density at radius 1 is 0.345 bits per heavy atom. The highest BCUT2D eigenvalue weighted by Crippen LogP contribution is 2.63. The van der Waals surface area contributed by atoms with Gasteiger partial charge in [-0.05, 0) is 110 Å². The van der Waals surface area contributed by atoms with Gasteiger partial charge in [-0.25, -0.2) is 0 Å². The highest BCUT2D eigenvalue weighted by Gasteiger charge is 2.52. The van der Waals surface area contributed by atoms with Crippen molar-refractivity contribution < 1.29 is 4.74 Å². The average molecular weight is 702 g/mol. The molecule has 1 aliphatic carbocycles. The lowest BCUT2D eigenvalue weighted by Crippen LogP contribution is -2.32. The fourth-order valence-electron chi connectivity index (χ4n) is 9.12. The summed E-state index contributed by atoms with van der Waals surface area (Å²) in [5, 5.41) is 2.51. The first-order valence-corrected chi connectivity index (χ1v) is 18.9. The van der Waals surface area contributed by atoms with Crippen LogP contribution in [0, 0.1) is 0 Å². The second-order valence-corrected chi connectivity index (χ2v) is 14.4. The van der Waals surface area contributed by atoms with Crippen molar-refractivity contribution in [1.29, 1.82) is 0 Å². The molecule has 258 valence electrons. The fourth-order valence-corrected chi connectivity index (χ4v) is 9.12. The molecule has 1 aliphatic heterocycles. The van der Waals surface area contributed by atoms with Gasteiger partial charge in [-0.1, -0.05) is 158 Å². The summed E-state index contributed by atoms with van der Waals surface area (Å²) in [5.41, 5.74) is 15.0. The van der Waals surface area contributed by atoms with Gasteiger partial charge < -0.3 is 9.64 Å². The minimum absolute atomic E-state index is 0.553. The Bertz CT molecular complexity index is 2830. The molecular weight excluding hydrogens is 667 g/mol. The minimum atomic E-state index is -0.553. The third-order valence-corrected chi connectivity index (χ3v) is 11.5. The van der Waals surface area contributed by atoms with Crippen LogP contribution in [0.5, 0.6) is 11.5 Å². The van der Waals surface area contributed by atoms with E-state index in [-0.39, 0.29) is 0 Å². The molecule has 2 heteroatoms. The molecule has 0 N–H and O–H groups in total. The van der Waals surface area contributed by atoms with Gasteiger partial charge in [-0.2, -0.15) is 0 Å². The van der Waals surface area contributed by atoms with Crippen LogP contribution in [0.25, 0.3) is 44.2 Å². The number of fused-ring (bicyclic) bond motifs is 11. The van der Waals surface area contributed by atoms with E-state index in [2.05, 4.69) is 217 Å². The number of anilines is 3. The highest BCUT2D eigenvalue weighted by molar-refractivity contribution is 6.01. The van der Waals surface area contributed by atoms with E-state index in [4.69, 9.17) is 4.74 Å². The molecule has 0 unspecified atom stereocenters. The van der Waals surface area contributed by atoms with E-state index in [1.54, 1.807) is 0 Å². The van der Waals surface area contributed by atoms with Gasteiger partial charge in [-0.15, -0.1) is 0 Å². The van der Waals surface area contributed by atoms with Crippen LogP contribution < -0.4 is 9.64 Å². The van der Waals surface area contributed by atoms with Gasteiger partial charge in [0.05, 0.1) is 5.41 Å². The van der Waals surface area contributed by atoms with E-state index < -0.39 is 5.41 Å². The van der Waals surface area contributed by atoms with Crippen LogP contribution >= 0.6 is 0 Å². The van der Waals surface area contributed by atoms with Crippen molar-refractivity contribution >= 4 is 27.8 Å². The van der Waals surface area contributed by atoms with Crippen molar-refractivity contribution in [2.45, 2.75) is 5.41 Å². The molecule has 9 aromatic rings. The predicted octanol–water partition coefficient (Wildman–Crippen LogP) is 14.1. The normalized spacial score (nSPS) is 13.0. The lowest BCUT2D eigenvalue weighted by Gasteiger charge is -2.40. The van der Waals surface area contributed by atoms with E-state index >= 15 is 0 Å². The first-order valence-electron chi connectivity index (χ1n) is 18.9. The summed E-state index contributed by atoms with van der Waals surface area (Å²) >= 11 is 0. The Morgan fingerprint density at radius 2 is 0.836 bits per heavy atom. The first-order chi connectivity index (χ1) is 27.3. The van der Waals surface area contributed by atoms with Gasteiger partial charge in [0.25, 0.3) is 0 Å². The number of rotatable bonds is 5. The molecule has 1 spiro atoms. The van der Waals surface area contributed by atoms with Gasteiger partial charge in [0, 0.05) is 28.2 Å². The summed E-state index contributed by atoms with van der Waals surface area (Å²) in [7, 11) is 0. The Hall–Kier alpha value is -7.16. The molecule has 0 amide bonds. The molecule has 2 nitrogen and oxygen atoms in total. The third kappa shape index (κ3) is 4.82. The second-order valence-electron chi connectivity index (χ2n) is 14.4. The maximum Gasteiger partial charge on any atom is 0.132 e. The van der Waals surface area contributed by atoms with E-state index in [0.29, 0.717) is 0 Å². The molecule has 0 saturated carbocycles. The van der Waals surface area contributed by atoms with Crippen LogP contribution in [0.1, 0.15) is 22.3 Å². The van der Waals surface area contributed by atoms with Crippen LogP contribution in [0.4, 0.5) is 17.1 Å². The standard InChI is InChI=1S/C53H35NO/c1-3-13-36(14-4-1)37-23-29-42(30-24-37)54(41-16-5-2-6-17-41)43-31-25-38(26-32-43)40-28-33-45-46-34-27-39-15-7-8-18-44(39)52(46)53(49(45)35-40)47-19-9-11-21-50(47)55-51-22-12-10-20-48(51)53/h1-35H. The summed E-state index contributed by atoms with van der Waals surface area (Å²) < 4.78 is 6.65. The molecule has 0 fully saturated rings. The highest BCUT2D eigenvalue weighted by atomic mass is 16.5. The van der Waals surface area contributed by atoms with Crippen LogP contribution in [0.3, 0.4) is 0 Å². The molecule has 0 radical (unpaired) electrons. The molecule has 0 saturated heterocycles. The number of hydrogen-bond donors (Lipinski definition) is 0. The molecule has 9 aromatic carbocycles. The van der Waals surface area contributed by atoms with Crippen molar-refractivity contribution in [2.75, 3.05) is 4.90 Å². The zero-order valence-electron chi connectivity index (χ0n) is 30.1. The summed E-state index contributed by atoms with van der Waals surface area (Å²) in [5.74, 6) is 1.81. The maximum atomic E-state index is 6.65. The summed E-state index contributed by atoms with van der Waals surface area (Å²) in [4.78, 5) is 2.33. The topological polar surface area (TPSA) is 12.5 Å². The Balaban J connectivity index is 1.06. The lowest BCUT2D eigenvalue weighted by molar-refractivity contribution is 0.437. The Kier molecular flexibility index (Phi) is 7.11. The van der Waals surface area contributed by atoms with Gasteiger partial charge in [-0.3, -0.25) is 0 Å². The first kappa shape index (κ1) is 31.4. The number of nitrogens with zero attached hydrogens (tertiary/aromatic N) is 1. The zero-order valence-corrected chi connectivity index (χ0v) is 30.1. The van der Waals surface area contributed by atoms with Gasteiger partial charge in [0.2, 0.25) is 0 Å². The van der Waals surface area contributed by atoms with E-state index in [1.165, 1.54) is 66.4 Å². The molecule has 2 aliphatic rings.